The SMILES string of the molecule is CN=C(NC1CCN(CC2CCCC2)C1)NC1C2CCCOC2C1(C)C. The molecule has 0 aromatic carbocycles. The van der Waals surface area contributed by atoms with E-state index >= 15 is 0 Å². The first-order valence-electron chi connectivity index (χ1n) is 10.9. The van der Waals surface area contributed by atoms with Crippen LogP contribution in [0.2, 0.25) is 0 Å². The smallest absolute Gasteiger partial charge is 0.191 e. The highest BCUT2D eigenvalue weighted by atomic mass is 16.5. The summed E-state index contributed by atoms with van der Waals surface area (Å²) < 4.78 is 6.04. The minimum Gasteiger partial charge on any atom is -0.377 e. The third kappa shape index (κ3) is 3.62. The van der Waals surface area contributed by atoms with Gasteiger partial charge in [0, 0.05) is 56.7 Å². The number of rotatable bonds is 4. The number of nitrogens with zero attached hydrogens (tertiary/aromatic N) is 2. The Kier molecular flexibility index (Phi) is 5.47. The number of guanidine groups is 1. The van der Waals surface area contributed by atoms with Gasteiger partial charge < -0.3 is 20.3 Å². The van der Waals surface area contributed by atoms with Gasteiger partial charge in [0.1, 0.15) is 0 Å². The van der Waals surface area contributed by atoms with Crippen LogP contribution in [-0.2, 0) is 4.74 Å². The van der Waals surface area contributed by atoms with Crippen molar-refractivity contribution in [2.24, 2.45) is 22.2 Å². The molecule has 4 rings (SSSR count). The second-order valence-corrected chi connectivity index (χ2v) is 9.65. The maximum Gasteiger partial charge on any atom is 0.191 e. The molecule has 2 aliphatic heterocycles. The number of hydrogen-bond acceptors (Lipinski definition) is 3. The Hall–Kier alpha value is -0.810. The molecule has 4 aliphatic rings. The van der Waals surface area contributed by atoms with Crippen molar-refractivity contribution in [3.05, 3.63) is 0 Å². The van der Waals surface area contributed by atoms with Gasteiger partial charge in [-0.15, -0.1) is 0 Å². The second-order valence-electron chi connectivity index (χ2n) is 9.65. The van der Waals surface area contributed by atoms with Crippen LogP contribution in [0.4, 0.5) is 0 Å². The molecule has 148 valence electrons. The van der Waals surface area contributed by atoms with Crippen LogP contribution in [0.25, 0.3) is 0 Å². The minimum absolute atomic E-state index is 0.187. The number of nitrogens with one attached hydrogen (secondary N) is 2. The van der Waals surface area contributed by atoms with Crippen LogP contribution in [0.3, 0.4) is 0 Å². The van der Waals surface area contributed by atoms with Crippen LogP contribution in [-0.4, -0.2) is 62.3 Å². The van der Waals surface area contributed by atoms with Gasteiger partial charge in [0.2, 0.25) is 0 Å². The monoisotopic (exact) mass is 362 g/mol. The van der Waals surface area contributed by atoms with Crippen LogP contribution in [0.1, 0.15) is 58.8 Å². The maximum atomic E-state index is 6.04. The normalized spacial score (nSPS) is 38.0. The van der Waals surface area contributed by atoms with E-state index in [1.807, 2.05) is 7.05 Å². The van der Waals surface area contributed by atoms with Gasteiger partial charge in [0.25, 0.3) is 0 Å². The first-order valence-corrected chi connectivity index (χ1v) is 10.9. The molecule has 0 aromatic heterocycles. The molecule has 26 heavy (non-hydrogen) atoms. The molecule has 4 atom stereocenters. The quantitative estimate of drug-likeness (QED) is 0.596. The van der Waals surface area contributed by atoms with E-state index < -0.39 is 0 Å². The van der Waals surface area contributed by atoms with Gasteiger partial charge in [-0.05, 0) is 38.0 Å². The summed E-state index contributed by atoms with van der Waals surface area (Å²) in [6.07, 6.45) is 9.90. The van der Waals surface area contributed by atoms with Crippen LogP contribution in [0.15, 0.2) is 4.99 Å². The Labute approximate surface area is 159 Å². The molecule has 2 heterocycles. The van der Waals surface area contributed by atoms with Gasteiger partial charge in [0.15, 0.2) is 5.96 Å². The number of likely N-dealkylation sites (tertiary alicyclic amines) is 1. The lowest BCUT2D eigenvalue weighted by Gasteiger charge is -2.60. The Morgan fingerprint density at radius 2 is 1.92 bits per heavy atom. The molecular formula is C21H38N4O. The van der Waals surface area contributed by atoms with Gasteiger partial charge in [-0.3, -0.25) is 4.99 Å². The summed E-state index contributed by atoms with van der Waals surface area (Å²) in [4.78, 5) is 7.21. The molecule has 0 bridgehead atoms. The molecular weight excluding hydrogens is 324 g/mol. The summed E-state index contributed by atoms with van der Waals surface area (Å²) in [5, 5.41) is 7.46. The summed E-state index contributed by atoms with van der Waals surface area (Å²) >= 11 is 0. The molecule has 5 heteroatoms. The Morgan fingerprint density at radius 3 is 2.69 bits per heavy atom. The van der Waals surface area contributed by atoms with Crippen molar-refractivity contribution in [1.82, 2.24) is 15.5 Å². The highest BCUT2D eigenvalue weighted by molar-refractivity contribution is 5.80. The van der Waals surface area contributed by atoms with E-state index in [1.54, 1.807) is 0 Å². The molecule has 2 N–H and O–H groups in total. The largest absolute Gasteiger partial charge is 0.377 e. The van der Waals surface area contributed by atoms with Crippen molar-refractivity contribution in [3.8, 4) is 0 Å². The summed E-state index contributed by atoms with van der Waals surface area (Å²) in [7, 11) is 1.90. The summed E-state index contributed by atoms with van der Waals surface area (Å²) in [6.45, 7) is 9.32. The molecule has 5 nitrogen and oxygen atoms in total. The fourth-order valence-electron chi connectivity index (χ4n) is 6.00. The van der Waals surface area contributed by atoms with Gasteiger partial charge in [-0.25, -0.2) is 0 Å². The van der Waals surface area contributed by atoms with E-state index in [9.17, 15) is 0 Å². The van der Waals surface area contributed by atoms with E-state index in [0.29, 0.717) is 24.1 Å². The Balaban J connectivity index is 1.27. The van der Waals surface area contributed by atoms with Crippen molar-refractivity contribution in [2.75, 3.05) is 33.3 Å². The predicted molar refractivity (Wildman–Crippen MR) is 106 cm³/mol. The lowest BCUT2D eigenvalue weighted by Crippen LogP contribution is -2.71. The number of fused-ring (bicyclic) bond motifs is 1. The first-order chi connectivity index (χ1) is 12.6. The first kappa shape index (κ1) is 18.5. The summed E-state index contributed by atoms with van der Waals surface area (Å²) in [5.74, 6) is 2.57. The Morgan fingerprint density at radius 1 is 1.12 bits per heavy atom. The van der Waals surface area contributed by atoms with Gasteiger partial charge in [-0.1, -0.05) is 26.7 Å². The van der Waals surface area contributed by atoms with Crippen LogP contribution >= 0.6 is 0 Å². The molecule has 4 unspecified atom stereocenters. The topological polar surface area (TPSA) is 48.9 Å². The van der Waals surface area contributed by atoms with E-state index in [2.05, 4.69) is 34.4 Å². The maximum absolute atomic E-state index is 6.04. The molecule has 2 saturated carbocycles. The summed E-state index contributed by atoms with van der Waals surface area (Å²) in [5.41, 5.74) is 0.187. The third-order valence-corrected chi connectivity index (χ3v) is 7.45. The van der Waals surface area contributed by atoms with Gasteiger partial charge in [0.05, 0.1) is 6.10 Å². The average molecular weight is 363 g/mol. The number of aliphatic imine (C=N–C) groups is 1. The van der Waals surface area contributed by atoms with Crippen LogP contribution < -0.4 is 10.6 Å². The second kappa shape index (κ2) is 7.67. The van der Waals surface area contributed by atoms with E-state index in [4.69, 9.17) is 4.74 Å². The number of hydrogen-bond donors (Lipinski definition) is 2. The lowest BCUT2D eigenvalue weighted by atomic mass is 9.55. The fourth-order valence-corrected chi connectivity index (χ4v) is 6.00. The van der Waals surface area contributed by atoms with Gasteiger partial charge >= 0.3 is 0 Å². The molecule has 0 amide bonds. The molecule has 4 fully saturated rings. The van der Waals surface area contributed by atoms with Crippen LogP contribution in [0, 0.1) is 17.3 Å². The van der Waals surface area contributed by atoms with E-state index in [-0.39, 0.29) is 5.41 Å². The highest BCUT2D eigenvalue weighted by Crippen LogP contribution is 2.51. The third-order valence-electron chi connectivity index (χ3n) is 7.45. The van der Waals surface area contributed by atoms with Crippen molar-refractivity contribution < 1.29 is 4.74 Å². The van der Waals surface area contributed by atoms with Gasteiger partial charge in [-0.2, -0.15) is 0 Å². The van der Waals surface area contributed by atoms with Crippen LogP contribution in [0.5, 0.6) is 0 Å². The lowest BCUT2D eigenvalue weighted by molar-refractivity contribution is -0.188. The average Bonchev–Trinajstić information content (AvgIpc) is 3.31. The molecule has 2 saturated heterocycles. The standard InChI is InChI=1S/C21H38N4O/c1-21(2)18(17-9-6-12-26-19(17)21)24-20(22-3)23-16-10-11-25(14-16)13-15-7-4-5-8-15/h15-19H,4-14H2,1-3H3,(H2,22,23,24). The number of ether oxygens (including phenoxy) is 1. The Bertz CT molecular complexity index is 514. The zero-order valence-electron chi connectivity index (χ0n) is 17.0. The van der Waals surface area contributed by atoms with Crippen molar-refractivity contribution in [1.29, 1.82) is 0 Å². The minimum atomic E-state index is 0.187. The molecule has 0 radical (unpaired) electrons. The fraction of sp³-hybridized carbons (Fsp3) is 0.952. The van der Waals surface area contributed by atoms with E-state index in [1.165, 1.54) is 64.6 Å². The molecule has 2 aliphatic carbocycles. The zero-order chi connectivity index (χ0) is 18.1. The zero-order valence-corrected chi connectivity index (χ0v) is 17.0. The van der Waals surface area contributed by atoms with Crippen molar-refractivity contribution in [3.63, 3.8) is 0 Å². The predicted octanol–water partition coefficient (Wildman–Crippen LogP) is 2.62. The molecule has 0 spiro atoms. The van der Waals surface area contributed by atoms with Crippen molar-refractivity contribution in [2.45, 2.75) is 77.0 Å². The molecule has 0 aromatic rings. The van der Waals surface area contributed by atoms with E-state index in [0.717, 1.165) is 18.5 Å². The highest BCUT2D eigenvalue weighted by Gasteiger charge is 2.58. The summed E-state index contributed by atoms with van der Waals surface area (Å²) in [6, 6.07) is 0.999. The van der Waals surface area contributed by atoms with Crippen molar-refractivity contribution >= 4 is 5.96 Å².